The Bertz CT molecular complexity index is 785. The van der Waals surface area contributed by atoms with Gasteiger partial charge in [0.25, 0.3) is 0 Å². The van der Waals surface area contributed by atoms with Gasteiger partial charge in [-0.3, -0.25) is 4.79 Å². The average molecular weight is 490 g/mol. The third-order valence-corrected chi connectivity index (χ3v) is 5.22. The van der Waals surface area contributed by atoms with Crippen LogP contribution in [-0.4, -0.2) is 44.2 Å². The van der Waals surface area contributed by atoms with Crippen molar-refractivity contribution in [2.45, 2.75) is 24.0 Å². The number of hydrogen-bond acceptors (Lipinski definition) is 7. The van der Waals surface area contributed by atoms with Gasteiger partial charge in [0.2, 0.25) is 17.0 Å². The Balaban J connectivity index is 1.50. The van der Waals surface area contributed by atoms with Crippen LogP contribution < -0.4 is 10.7 Å². The smallest absolute Gasteiger partial charge is 0.240 e. The number of rotatable bonds is 7. The van der Waals surface area contributed by atoms with Crippen LogP contribution in [0.2, 0.25) is 0 Å². The number of nitrogens with zero attached hydrogens (tertiary/aromatic N) is 3. The first-order chi connectivity index (χ1) is 12.0. The van der Waals surface area contributed by atoms with Crippen molar-refractivity contribution < 1.29 is 9.90 Å². The number of H-pyrrole nitrogens is 1. The number of thioether (sulfide) groups is 1. The fourth-order valence-corrected chi connectivity index (χ4v) is 3.65. The highest BCUT2D eigenvalue weighted by Gasteiger charge is 2.23. The van der Waals surface area contributed by atoms with Crippen LogP contribution >= 0.6 is 43.6 Å². The molecule has 25 heavy (non-hydrogen) atoms. The molecule has 0 bridgehead atoms. The van der Waals surface area contributed by atoms with Gasteiger partial charge in [0.1, 0.15) is 5.75 Å². The first-order valence-electron chi connectivity index (χ1n) is 7.33. The number of carbonyl (C=O) groups is 1. The largest absolute Gasteiger partial charge is 0.506 e. The Morgan fingerprint density at radius 2 is 2.16 bits per heavy atom. The minimum Gasteiger partial charge on any atom is -0.506 e. The predicted octanol–water partition coefficient (Wildman–Crippen LogP) is 2.85. The fraction of sp³-hybridized carbons (Fsp3) is 0.286. The minimum atomic E-state index is -0.00619. The molecule has 1 fully saturated rings. The number of phenols is 1. The van der Waals surface area contributed by atoms with E-state index in [0.717, 1.165) is 18.4 Å². The van der Waals surface area contributed by atoms with E-state index >= 15 is 0 Å². The van der Waals surface area contributed by atoms with Crippen molar-refractivity contribution in [2.75, 3.05) is 11.2 Å². The number of anilines is 1. The van der Waals surface area contributed by atoms with Crippen molar-refractivity contribution in [1.29, 1.82) is 0 Å². The summed E-state index contributed by atoms with van der Waals surface area (Å²) in [5.74, 6) is 0.784. The zero-order valence-corrected chi connectivity index (χ0v) is 16.8. The highest BCUT2D eigenvalue weighted by atomic mass is 79.9. The molecule has 1 aromatic carbocycles. The molecule has 0 saturated heterocycles. The molecule has 8 nitrogen and oxygen atoms in total. The monoisotopic (exact) mass is 488 g/mol. The van der Waals surface area contributed by atoms with E-state index in [9.17, 15) is 9.90 Å². The van der Waals surface area contributed by atoms with Crippen LogP contribution in [0.15, 0.2) is 31.3 Å². The van der Waals surface area contributed by atoms with Crippen LogP contribution in [0.5, 0.6) is 5.75 Å². The number of aromatic amines is 1. The molecule has 0 aliphatic heterocycles. The van der Waals surface area contributed by atoms with Gasteiger partial charge in [-0.1, -0.05) is 11.8 Å². The lowest BCUT2D eigenvalue weighted by molar-refractivity contribution is -0.118. The first kappa shape index (κ1) is 18.2. The Morgan fingerprint density at radius 3 is 2.84 bits per heavy atom. The molecule has 11 heteroatoms. The molecule has 1 amide bonds. The second kappa shape index (κ2) is 8.19. The summed E-state index contributed by atoms with van der Waals surface area (Å²) in [7, 11) is 0. The summed E-state index contributed by atoms with van der Waals surface area (Å²) in [6, 6.07) is 3.81. The standard InChI is InChI=1S/C14H14Br2N6O2S/c15-9-3-7(4-10(16)12(9)24)5-17-20-13-19-14(22-21-13)25-6-11(23)18-8-1-2-8/h3-5,8,24H,1-2,6H2,(H,18,23)(H2,19,20,21,22)/b17-5+. The van der Waals surface area contributed by atoms with E-state index in [1.54, 1.807) is 18.3 Å². The number of aromatic nitrogens is 3. The van der Waals surface area contributed by atoms with Gasteiger partial charge in [0, 0.05) is 6.04 Å². The number of hydrogen-bond donors (Lipinski definition) is 4. The van der Waals surface area contributed by atoms with Crippen LogP contribution in [0.25, 0.3) is 0 Å². The van der Waals surface area contributed by atoms with Gasteiger partial charge in [0.05, 0.1) is 20.9 Å². The lowest BCUT2D eigenvalue weighted by atomic mass is 10.2. The summed E-state index contributed by atoms with van der Waals surface area (Å²) in [6.45, 7) is 0. The second-order valence-electron chi connectivity index (χ2n) is 5.30. The number of hydrazone groups is 1. The SMILES string of the molecule is O=C(CSc1n[nH]c(N/N=C/c2cc(Br)c(O)c(Br)c2)n1)NC1CC1. The van der Waals surface area contributed by atoms with Crippen LogP contribution in [0, 0.1) is 0 Å². The zero-order valence-electron chi connectivity index (χ0n) is 12.8. The van der Waals surface area contributed by atoms with E-state index < -0.39 is 0 Å². The zero-order chi connectivity index (χ0) is 17.8. The molecule has 1 saturated carbocycles. The second-order valence-corrected chi connectivity index (χ2v) is 7.95. The van der Waals surface area contributed by atoms with E-state index in [2.05, 4.69) is 62.9 Å². The maximum atomic E-state index is 11.6. The third kappa shape index (κ3) is 5.44. The number of halogens is 2. The van der Waals surface area contributed by atoms with E-state index in [-0.39, 0.29) is 17.4 Å². The van der Waals surface area contributed by atoms with Gasteiger partial charge in [-0.15, -0.1) is 5.10 Å². The van der Waals surface area contributed by atoms with Crippen LogP contribution in [-0.2, 0) is 4.79 Å². The van der Waals surface area contributed by atoms with Crippen molar-refractivity contribution in [3.05, 3.63) is 26.6 Å². The molecule has 0 atom stereocenters. The molecular formula is C14H14Br2N6O2S. The van der Waals surface area contributed by atoms with Gasteiger partial charge in [0.15, 0.2) is 0 Å². The van der Waals surface area contributed by atoms with Crippen LogP contribution in [0.4, 0.5) is 5.95 Å². The summed E-state index contributed by atoms with van der Waals surface area (Å²) < 4.78 is 1.12. The molecule has 132 valence electrons. The normalized spacial score (nSPS) is 14.0. The topological polar surface area (TPSA) is 115 Å². The van der Waals surface area contributed by atoms with Crippen LogP contribution in [0.1, 0.15) is 18.4 Å². The summed E-state index contributed by atoms with van der Waals surface area (Å²) >= 11 is 7.77. The first-order valence-corrected chi connectivity index (χ1v) is 9.90. The van der Waals surface area contributed by atoms with Gasteiger partial charge < -0.3 is 10.4 Å². The molecule has 4 N–H and O–H groups in total. The van der Waals surface area contributed by atoms with Crippen molar-refractivity contribution in [1.82, 2.24) is 20.5 Å². The van der Waals surface area contributed by atoms with Crippen molar-refractivity contribution in [3.63, 3.8) is 0 Å². The number of nitrogens with one attached hydrogen (secondary N) is 3. The summed E-state index contributed by atoms with van der Waals surface area (Å²) in [5, 5.41) is 23.8. The lowest BCUT2D eigenvalue weighted by Gasteiger charge is -2.01. The average Bonchev–Trinajstić information content (AvgIpc) is 3.26. The molecular weight excluding hydrogens is 476 g/mol. The third-order valence-electron chi connectivity index (χ3n) is 3.16. The number of amides is 1. The molecule has 1 heterocycles. The van der Waals surface area contributed by atoms with E-state index in [4.69, 9.17) is 0 Å². The Morgan fingerprint density at radius 1 is 1.44 bits per heavy atom. The molecule has 2 aromatic rings. The molecule has 0 radical (unpaired) electrons. The van der Waals surface area contributed by atoms with Gasteiger partial charge in [-0.2, -0.15) is 10.1 Å². The summed E-state index contributed by atoms with van der Waals surface area (Å²) in [6.07, 6.45) is 3.71. The predicted molar refractivity (Wildman–Crippen MR) is 103 cm³/mol. The van der Waals surface area contributed by atoms with Gasteiger partial charge in [-0.25, -0.2) is 10.5 Å². The Kier molecular flexibility index (Phi) is 5.97. The van der Waals surface area contributed by atoms with Crippen molar-refractivity contribution >= 4 is 61.7 Å². The van der Waals surface area contributed by atoms with E-state index in [0.29, 0.717) is 26.1 Å². The quantitative estimate of drug-likeness (QED) is 0.270. The molecule has 1 aliphatic carbocycles. The minimum absolute atomic E-state index is 0.00619. The lowest BCUT2D eigenvalue weighted by Crippen LogP contribution is -2.27. The highest BCUT2D eigenvalue weighted by Crippen LogP contribution is 2.32. The van der Waals surface area contributed by atoms with Gasteiger partial charge in [-0.05, 0) is 62.4 Å². The maximum Gasteiger partial charge on any atom is 0.240 e. The fourth-order valence-electron chi connectivity index (χ4n) is 1.82. The summed E-state index contributed by atoms with van der Waals surface area (Å²) in [5.41, 5.74) is 3.50. The number of aromatic hydroxyl groups is 1. The Labute approximate surface area is 164 Å². The molecule has 1 aromatic heterocycles. The van der Waals surface area contributed by atoms with E-state index in [1.165, 1.54) is 11.8 Å². The molecule has 1 aliphatic rings. The maximum absolute atomic E-state index is 11.6. The molecule has 0 spiro atoms. The Hall–Kier alpha value is -1.59. The van der Waals surface area contributed by atoms with Gasteiger partial charge >= 0.3 is 0 Å². The number of carbonyl (C=O) groups excluding carboxylic acids is 1. The van der Waals surface area contributed by atoms with Crippen molar-refractivity contribution in [3.8, 4) is 5.75 Å². The van der Waals surface area contributed by atoms with Crippen LogP contribution in [0.3, 0.4) is 0 Å². The molecule has 3 rings (SSSR count). The number of phenolic OH excluding ortho intramolecular Hbond substituents is 1. The van der Waals surface area contributed by atoms with Crippen molar-refractivity contribution in [2.24, 2.45) is 5.10 Å². The number of benzene rings is 1. The highest BCUT2D eigenvalue weighted by molar-refractivity contribution is 9.11. The molecule has 0 unspecified atom stereocenters. The van der Waals surface area contributed by atoms with E-state index in [1.807, 2.05) is 0 Å². The summed E-state index contributed by atoms with van der Waals surface area (Å²) in [4.78, 5) is 15.8.